The number of hydrogen-bond acceptors (Lipinski definition) is 9. The van der Waals surface area contributed by atoms with Gasteiger partial charge in [0.2, 0.25) is 5.95 Å². The van der Waals surface area contributed by atoms with Crippen LogP contribution in [-0.4, -0.2) is 88.8 Å². The summed E-state index contributed by atoms with van der Waals surface area (Å²) < 4.78 is 57.4. The maximum Gasteiger partial charge on any atom is 0.227 e. The van der Waals surface area contributed by atoms with E-state index in [1.807, 2.05) is 18.2 Å². The van der Waals surface area contributed by atoms with Crippen molar-refractivity contribution in [3.63, 3.8) is 0 Å². The molecule has 5 unspecified atom stereocenters. The maximum absolute atomic E-state index is 15.2. The molecule has 1 spiro atoms. The molecule has 2 saturated heterocycles. The maximum atomic E-state index is 15.2. The highest BCUT2D eigenvalue weighted by atomic mass is 19.1. The van der Waals surface area contributed by atoms with Crippen LogP contribution < -0.4 is 19.7 Å². The second-order valence-electron chi connectivity index (χ2n) is 10.7. The Morgan fingerprint density at radius 1 is 1.05 bits per heavy atom. The van der Waals surface area contributed by atoms with Gasteiger partial charge in [0.15, 0.2) is 5.75 Å². The molecule has 11 heteroatoms. The van der Waals surface area contributed by atoms with Crippen molar-refractivity contribution < 1.29 is 32.5 Å². The Balaban J connectivity index is 1.36. The van der Waals surface area contributed by atoms with Gasteiger partial charge in [-0.25, -0.2) is 18.7 Å². The highest BCUT2D eigenvalue weighted by Crippen LogP contribution is 2.41. The van der Waals surface area contributed by atoms with E-state index in [1.165, 1.54) is 26.6 Å². The smallest absolute Gasteiger partial charge is 0.227 e. The van der Waals surface area contributed by atoms with Crippen LogP contribution in [0.15, 0.2) is 30.6 Å². The van der Waals surface area contributed by atoms with Crippen molar-refractivity contribution in [1.82, 2.24) is 9.97 Å². The summed E-state index contributed by atoms with van der Waals surface area (Å²) in [6.45, 7) is 6.83. The van der Waals surface area contributed by atoms with E-state index in [9.17, 15) is 0 Å². The van der Waals surface area contributed by atoms with Crippen molar-refractivity contribution in [2.24, 2.45) is 11.3 Å². The number of alkyl halides is 2. The third-order valence-corrected chi connectivity index (χ3v) is 8.19. The van der Waals surface area contributed by atoms with Crippen molar-refractivity contribution in [1.29, 1.82) is 0 Å². The number of aromatic nitrogens is 2. The molecule has 3 heterocycles. The van der Waals surface area contributed by atoms with Gasteiger partial charge in [0.05, 0.1) is 63.1 Å². The number of methoxy groups -OCH3 is 3. The zero-order valence-corrected chi connectivity index (χ0v) is 24.1. The minimum absolute atomic E-state index is 0.213. The van der Waals surface area contributed by atoms with Crippen LogP contribution in [0.5, 0.6) is 11.5 Å². The lowest BCUT2D eigenvalue weighted by atomic mass is 9.77. The molecule has 0 radical (unpaired) electrons. The quantitative estimate of drug-likeness (QED) is 0.342. The Morgan fingerprint density at radius 2 is 1.75 bits per heavy atom. The lowest BCUT2D eigenvalue weighted by Crippen LogP contribution is -2.51. The van der Waals surface area contributed by atoms with Crippen LogP contribution >= 0.6 is 0 Å². The number of benzene rings is 1. The van der Waals surface area contributed by atoms with E-state index in [1.54, 1.807) is 21.0 Å². The van der Waals surface area contributed by atoms with E-state index in [2.05, 4.69) is 20.2 Å². The number of halogens is 2. The van der Waals surface area contributed by atoms with Gasteiger partial charge in [0, 0.05) is 44.5 Å². The molecule has 0 aliphatic carbocycles. The molecule has 2 aromatic rings. The number of nitrogens with one attached hydrogen (secondary N) is 1. The van der Waals surface area contributed by atoms with Gasteiger partial charge >= 0.3 is 0 Å². The molecule has 222 valence electrons. The fraction of sp³-hybridized carbons (Fsp3) is 0.655. The molecule has 2 aliphatic heterocycles. The molecule has 2 fully saturated rings. The van der Waals surface area contributed by atoms with Crippen LogP contribution in [0.2, 0.25) is 0 Å². The second kappa shape index (κ2) is 13.7. The van der Waals surface area contributed by atoms with E-state index in [4.69, 9.17) is 23.7 Å². The van der Waals surface area contributed by atoms with Crippen molar-refractivity contribution in [3.05, 3.63) is 30.6 Å². The fourth-order valence-electron chi connectivity index (χ4n) is 5.33. The van der Waals surface area contributed by atoms with E-state index >= 15 is 8.78 Å². The molecule has 1 N–H and O–H groups in total. The molecule has 0 saturated carbocycles. The number of piperidine rings is 1. The van der Waals surface area contributed by atoms with Gasteiger partial charge in [-0.2, -0.15) is 0 Å². The molecular formula is C29H42F2N4O5. The van der Waals surface area contributed by atoms with Crippen LogP contribution in [0.4, 0.5) is 26.1 Å². The lowest BCUT2D eigenvalue weighted by molar-refractivity contribution is -0.124. The Bertz CT molecular complexity index is 1060. The zero-order valence-electron chi connectivity index (χ0n) is 24.1. The molecule has 1 aromatic heterocycles. The van der Waals surface area contributed by atoms with E-state index in [0.29, 0.717) is 23.5 Å². The monoisotopic (exact) mass is 564 g/mol. The van der Waals surface area contributed by atoms with Crippen LogP contribution in [0.3, 0.4) is 0 Å². The van der Waals surface area contributed by atoms with Crippen molar-refractivity contribution >= 4 is 17.3 Å². The molecule has 2 aliphatic rings. The standard InChI is InChI=1S/C29H42F2N4O5/c1-6-24(37-4)27(31)22(26(30)19(2)36-3)16-40-21-14-32-28(33-15-21)34-20-7-8-23(25(13-20)38-5)35-11-9-29(10-12-35)17-39-18-29/h7-8,13-15,19,22,24,26-27H,6,9-12,16-18H2,1-5H3,(H,32,33,34). The molecule has 4 rings (SSSR count). The first-order chi connectivity index (χ1) is 19.3. The minimum atomic E-state index is -1.58. The number of rotatable bonds is 14. The predicted octanol–water partition coefficient (Wildman–Crippen LogP) is 4.98. The van der Waals surface area contributed by atoms with Crippen molar-refractivity contribution in [2.75, 3.05) is 64.5 Å². The second-order valence-corrected chi connectivity index (χ2v) is 10.7. The highest BCUT2D eigenvalue weighted by molar-refractivity contribution is 5.67. The third kappa shape index (κ3) is 6.92. The van der Waals surface area contributed by atoms with Gasteiger partial charge in [-0.3, -0.25) is 0 Å². The first-order valence-electron chi connectivity index (χ1n) is 13.9. The first-order valence-corrected chi connectivity index (χ1v) is 13.9. The number of ether oxygens (including phenoxy) is 5. The average molecular weight is 565 g/mol. The molecule has 1 aromatic carbocycles. The summed E-state index contributed by atoms with van der Waals surface area (Å²) in [4.78, 5) is 11.0. The summed E-state index contributed by atoms with van der Waals surface area (Å²) in [5.74, 6) is 0.341. The molecule has 0 bridgehead atoms. The number of hydrogen-bond donors (Lipinski definition) is 1. The van der Waals surface area contributed by atoms with Gasteiger partial charge in [0.1, 0.15) is 18.1 Å². The van der Waals surface area contributed by atoms with E-state index in [0.717, 1.165) is 56.3 Å². The normalized spacial score (nSPS) is 20.2. The Kier molecular flexibility index (Phi) is 10.4. The number of anilines is 3. The summed E-state index contributed by atoms with van der Waals surface area (Å²) in [5, 5.41) is 3.18. The largest absolute Gasteiger partial charge is 0.495 e. The predicted molar refractivity (Wildman–Crippen MR) is 149 cm³/mol. The molecule has 9 nitrogen and oxygen atoms in total. The lowest BCUT2D eigenvalue weighted by Gasteiger charge is -2.48. The van der Waals surface area contributed by atoms with Crippen LogP contribution in [-0.2, 0) is 14.2 Å². The summed E-state index contributed by atoms with van der Waals surface area (Å²) in [6.07, 6.45) is 0.901. The topological polar surface area (TPSA) is 87.2 Å². The molecular weight excluding hydrogens is 522 g/mol. The van der Waals surface area contributed by atoms with Gasteiger partial charge in [0.25, 0.3) is 0 Å². The van der Waals surface area contributed by atoms with Crippen LogP contribution in [0, 0.1) is 11.3 Å². The third-order valence-electron chi connectivity index (χ3n) is 8.19. The van der Waals surface area contributed by atoms with E-state index < -0.39 is 30.5 Å². The Labute approximate surface area is 235 Å². The SMILES string of the molecule is CCC(OC)C(F)C(COc1cnc(Nc2ccc(N3CCC4(CC3)COC4)c(OC)c2)nc1)C(F)C(C)OC. The molecule has 40 heavy (non-hydrogen) atoms. The van der Waals surface area contributed by atoms with Gasteiger partial charge in [-0.15, -0.1) is 0 Å². The zero-order chi connectivity index (χ0) is 28.7. The van der Waals surface area contributed by atoms with Crippen molar-refractivity contribution in [2.45, 2.75) is 57.7 Å². The van der Waals surface area contributed by atoms with Gasteiger partial charge < -0.3 is 33.9 Å². The van der Waals surface area contributed by atoms with Gasteiger partial charge in [-0.1, -0.05) is 6.92 Å². The minimum Gasteiger partial charge on any atom is -0.495 e. The number of nitrogens with zero attached hydrogens (tertiary/aromatic N) is 3. The Morgan fingerprint density at radius 3 is 2.30 bits per heavy atom. The summed E-state index contributed by atoms with van der Waals surface area (Å²) in [5.41, 5.74) is 2.20. The van der Waals surface area contributed by atoms with Crippen molar-refractivity contribution in [3.8, 4) is 11.5 Å². The molecule has 5 atom stereocenters. The fourth-order valence-corrected chi connectivity index (χ4v) is 5.33. The summed E-state index contributed by atoms with van der Waals surface area (Å²) in [6, 6.07) is 5.93. The van der Waals surface area contributed by atoms with Gasteiger partial charge in [-0.05, 0) is 38.3 Å². The summed E-state index contributed by atoms with van der Waals surface area (Å²) >= 11 is 0. The summed E-state index contributed by atoms with van der Waals surface area (Å²) in [7, 11) is 4.48. The first kappa shape index (κ1) is 30.2. The average Bonchev–Trinajstić information content (AvgIpc) is 2.97. The highest BCUT2D eigenvalue weighted by Gasteiger charge is 2.41. The van der Waals surface area contributed by atoms with E-state index in [-0.39, 0.29) is 6.61 Å². The Hall–Kier alpha value is -2.76. The van der Waals surface area contributed by atoms with Crippen LogP contribution in [0.25, 0.3) is 0 Å². The van der Waals surface area contributed by atoms with Crippen LogP contribution in [0.1, 0.15) is 33.1 Å². The molecule has 0 amide bonds.